The number of phenolic OH excluding ortho intramolecular Hbond substituents is 1. The van der Waals surface area contributed by atoms with Crippen LogP contribution >= 0.6 is 0 Å². The first-order valence-corrected chi connectivity index (χ1v) is 15.1. The number of nitrogens with zero attached hydrogens (tertiary/aromatic N) is 5. The van der Waals surface area contributed by atoms with Crippen LogP contribution in [0.15, 0.2) is 51.6 Å². The predicted octanol–water partition coefficient (Wildman–Crippen LogP) is 5.22. The Morgan fingerprint density at radius 3 is 2.51 bits per heavy atom. The molecule has 0 unspecified atom stereocenters. The summed E-state index contributed by atoms with van der Waals surface area (Å²) in [6.45, 7) is 9.00. The minimum Gasteiger partial charge on any atom is -0.506 e. The van der Waals surface area contributed by atoms with E-state index in [1.165, 1.54) is 18.5 Å². The van der Waals surface area contributed by atoms with Crippen molar-refractivity contribution in [2.75, 3.05) is 36.5 Å². The van der Waals surface area contributed by atoms with Crippen molar-refractivity contribution in [1.29, 1.82) is 0 Å². The van der Waals surface area contributed by atoms with Crippen LogP contribution in [0.5, 0.6) is 5.75 Å². The fraction of sp³-hybridized carbons (Fsp3) is 0.357. The van der Waals surface area contributed by atoms with Crippen LogP contribution in [0.3, 0.4) is 0 Å². The maximum absolute atomic E-state index is 13.3. The molecule has 0 aliphatic carbocycles. The van der Waals surface area contributed by atoms with E-state index >= 15 is 0 Å². The number of benzene rings is 2. The molecule has 0 atom stereocenters. The van der Waals surface area contributed by atoms with Gasteiger partial charge in [-0.1, -0.05) is 12.1 Å². The van der Waals surface area contributed by atoms with Crippen LogP contribution < -0.4 is 10.6 Å². The SMILES string of the molecule is CCNC(=O)N1CCS(=O)(=Nc2cc(C)c3c(Nc4ccc(F)cc4O)ncnc3c2)CC1.CCc1cc(C)no1. The lowest BCUT2D eigenvalue weighted by atomic mass is 10.1. The molecular formula is C28H34FN7O4S. The maximum Gasteiger partial charge on any atom is 0.317 e. The van der Waals surface area contributed by atoms with Gasteiger partial charge in [-0.05, 0) is 50.6 Å². The number of aromatic nitrogens is 3. The molecule has 3 N–H and O–H groups in total. The van der Waals surface area contributed by atoms with Crippen LogP contribution in [0.25, 0.3) is 10.9 Å². The normalized spacial score (nSPS) is 14.2. The molecule has 13 heteroatoms. The van der Waals surface area contributed by atoms with Crippen molar-refractivity contribution in [2.45, 2.75) is 34.1 Å². The second-order valence-electron chi connectivity index (χ2n) is 9.55. The van der Waals surface area contributed by atoms with Gasteiger partial charge in [0.05, 0.1) is 32.3 Å². The van der Waals surface area contributed by atoms with Crippen molar-refractivity contribution in [3.8, 4) is 5.75 Å². The Labute approximate surface area is 238 Å². The van der Waals surface area contributed by atoms with Crippen molar-refractivity contribution >= 4 is 43.9 Å². The fourth-order valence-corrected chi connectivity index (χ4v) is 6.20. The average molecular weight is 584 g/mol. The number of urea groups is 1. The first-order chi connectivity index (χ1) is 19.6. The molecule has 0 saturated carbocycles. The molecule has 218 valence electrons. The molecular weight excluding hydrogens is 549 g/mol. The molecule has 0 radical (unpaired) electrons. The van der Waals surface area contributed by atoms with E-state index in [2.05, 4.69) is 30.1 Å². The molecule has 2 aromatic heterocycles. The summed E-state index contributed by atoms with van der Waals surface area (Å²) in [5, 5.41) is 20.2. The Kier molecular flexibility index (Phi) is 9.38. The molecule has 1 saturated heterocycles. The lowest BCUT2D eigenvalue weighted by Gasteiger charge is -2.28. The first kappa shape index (κ1) is 29.7. The van der Waals surface area contributed by atoms with Gasteiger partial charge in [0, 0.05) is 55.1 Å². The lowest BCUT2D eigenvalue weighted by Crippen LogP contribution is -2.48. The number of rotatable bonds is 5. The van der Waals surface area contributed by atoms with Gasteiger partial charge in [-0.3, -0.25) is 0 Å². The third-order valence-corrected chi connectivity index (χ3v) is 8.59. The highest BCUT2D eigenvalue weighted by atomic mass is 32.2. The molecule has 2 aromatic carbocycles. The van der Waals surface area contributed by atoms with Crippen LogP contribution in [0.1, 0.15) is 30.9 Å². The standard InChI is InChI=1S/C22H25FN6O3S.C6H9NO/c1-3-24-22(31)29-6-8-33(32,9-7-29)28-16-10-14(2)20-18(12-16)25-13-26-21(20)27-17-5-4-15(23)11-19(17)30;1-3-6-4-5(2)7-8-6/h4-5,10-13,30H,3,6-9H2,1-2H3,(H,24,31)(H,25,26,27);4H,3H2,1-2H3. The second kappa shape index (κ2) is 12.9. The molecule has 0 bridgehead atoms. The van der Waals surface area contributed by atoms with Crippen molar-refractivity contribution in [3.63, 3.8) is 0 Å². The maximum atomic E-state index is 13.3. The van der Waals surface area contributed by atoms with Gasteiger partial charge in [0.1, 0.15) is 29.5 Å². The monoisotopic (exact) mass is 583 g/mol. The second-order valence-corrected chi connectivity index (χ2v) is 12.1. The van der Waals surface area contributed by atoms with Gasteiger partial charge in [0.25, 0.3) is 0 Å². The van der Waals surface area contributed by atoms with Crippen LogP contribution in [0, 0.1) is 19.7 Å². The van der Waals surface area contributed by atoms with E-state index in [9.17, 15) is 18.5 Å². The molecule has 3 heterocycles. The zero-order chi connectivity index (χ0) is 29.6. The summed E-state index contributed by atoms with van der Waals surface area (Å²) in [6, 6.07) is 9.03. The summed E-state index contributed by atoms with van der Waals surface area (Å²) in [7, 11) is -2.50. The van der Waals surface area contributed by atoms with E-state index in [4.69, 9.17) is 4.52 Å². The number of carbonyl (C=O) groups is 1. The smallest absolute Gasteiger partial charge is 0.317 e. The van der Waals surface area contributed by atoms with Crippen molar-refractivity contribution < 1.29 is 23.0 Å². The van der Waals surface area contributed by atoms with E-state index in [-0.39, 0.29) is 11.8 Å². The Hall–Kier alpha value is -4.26. The lowest BCUT2D eigenvalue weighted by molar-refractivity contribution is 0.203. The number of amides is 2. The number of nitrogens with one attached hydrogen (secondary N) is 2. The first-order valence-electron chi connectivity index (χ1n) is 13.3. The van der Waals surface area contributed by atoms with Crippen LogP contribution in [0.4, 0.5) is 26.4 Å². The van der Waals surface area contributed by atoms with E-state index in [0.29, 0.717) is 59.2 Å². The highest BCUT2D eigenvalue weighted by Gasteiger charge is 2.24. The summed E-state index contributed by atoms with van der Waals surface area (Å²) in [5.74, 6) is 1.25. The van der Waals surface area contributed by atoms with Crippen LogP contribution in [-0.4, -0.2) is 66.5 Å². The molecule has 0 spiro atoms. The number of phenols is 1. The number of hydrogen-bond acceptors (Lipinski definition) is 9. The highest BCUT2D eigenvalue weighted by Crippen LogP contribution is 2.33. The van der Waals surface area contributed by atoms with Crippen molar-refractivity contribution in [1.82, 2.24) is 25.3 Å². The number of anilines is 2. The van der Waals surface area contributed by atoms with Gasteiger partial charge in [0.2, 0.25) is 0 Å². The van der Waals surface area contributed by atoms with Gasteiger partial charge in [-0.25, -0.2) is 23.4 Å². The Morgan fingerprint density at radius 2 is 1.90 bits per heavy atom. The van der Waals surface area contributed by atoms with Gasteiger partial charge in [-0.2, -0.15) is 4.36 Å². The summed E-state index contributed by atoms with van der Waals surface area (Å²) >= 11 is 0. The molecule has 41 heavy (non-hydrogen) atoms. The van der Waals surface area contributed by atoms with E-state index in [1.54, 1.807) is 11.0 Å². The van der Waals surface area contributed by atoms with E-state index < -0.39 is 15.5 Å². The topological polar surface area (TPSA) is 146 Å². The quantitative estimate of drug-likeness (QED) is 0.271. The number of aromatic hydroxyl groups is 1. The van der Waals surface area contributed by atoms with Crippen LogP contribution in [0.2, 0.25) is 0 Å². The molecule has 1 aliphatic heterocycles. The Morgan fingerprint density at radius 1 is 1.15 bits per heavy atom. The molecule has 1 fully saturated rings. The van der Waals surface area contributed by atoms with E-state index in [1.807, 2.05) is 39.8 Å². The number of aryl methyl sites for hydroxylation is 3. The zero-order valence-electron chi connectivity index (χ0n) is 23.5. The molecule has 4 aromatic rings. The van der Waals surface area contributed by atoms with Gasteiger partial charge in [0.15, 0.2) is 0 Å². The minimum atomic E-state index is -2.50. The van der Waals surface area contributed by atoms with E-state index in [0.717, 1.165) is 29.5 Å². The number of fused-ring (bicyclic) bond motifs is 1. The van der Waals surface area contributed by atoms with Crippen LogP contribution in [-0.2, 0) is 16.1 Å². The summed E-state index contributed by atoms with van der Waals surface area (Å²) < 4.78 is 36.0. The summed E-state index contributed by atoms with van der Waals surface area (Å²) in [6.07, 6.45) is 2.31. The molecule has 2 amide bonds. The molecule has 11 nitrogen and oxygen atoms in total. The average Bonchev–Trinajstić information content (AvgIpc) is 3.36. The predicted molar refractivity (Wildman–Crippen MR) is 157 cm³/mol. The fourth-order valence-electron chi connectivity index (χ4n) is 4.31. The van der Waals surface area contributed by atoms with Gasteiger partial charge < -0.3 is 25.2 Å². The van der Waals surface area contributed by atoms with Gasteiger partial charge >= 0.3 is 6.03 Å². The largest absolute Gasteiger partial charge is 0.506 e. The highest BCUT2D eigenvalue weighted by molar-refractivity contribution is 7.93. The number of carbonyl (C=O) groups excluding carboxylic acids is 1. The number of hydrogen-bond donors (Lipinski definition) is 3. The minimum absolute atomic E-state index is 0.149. The zero-order valence-corrected chi connectivity index (χ0v) is 24.3. The Bertz CT molecular complexity index is 1650. The third-order valence-electron chi connectivity index (χ3n) is 6.41. The molecule has 1 aliphatic rings. The Balaban J connectivity index is 0.000000417. The van der Waals surface area contributed by atoms with Crippen molar-refractivity contribution in [2.24, 2.45) is 4.36 Å². The number of halogens is 1. The van der Waals surface area contributed by atoms with Gasteiger partial charge in [-0.15, -0.1) is 0 Å². The summed E-state index contributed by atoms with van der Waals surface area (Å²) in [5.41, 5.74) is 3.22. The molecule has 5 rings (SSSR count). The third kappa shape index (κ3) is 7.48. The summed E-state index contributed by atoms with van der Waals surface area (Å²) in [4.78, 5) is 22.2. The van der Waals surface area contributed by atoms with Crippen molar-refractivity contribution in [3.05, 3.63) is 65.6 Å².